The summed E-state index contributed by atoms with van der Waals surface area (Å²) < 4.78 is 1.18. The van der Waals surface area contributed by atoms with Gasteiger partial charge >= 0.3 is 0 Å². The lowest BCUT2D eigenvalue weighted by Crippen LogP contribution is -2.00. The molecule has 1 aromatic carbocycles. The molecule has 0 aromatic heterocycles. The maximum absolute atomic E-state index is 5.48. The van der Waals surface area contributed by atoms with Gasteiger partial charge in [0, 0.05) is 4.47 Å². The highest BCUT2D eigenvalue weighted by Crippen LogP contribution is 2.21. The van der Waals surface area contributed by atoms with E-state index in [4.69, 9.17) is 5.73 Å². The van der Waals surface area contributed by atoms with Crippen LogP contribution in [0.2, 0.25) is 0 Å². The minimum atomic E-state index is 0.798. The molecule has 0 saturated heterocycles. The summed E-state index contributed by atoms with van der Waals surface area (Å²) in [6.45, 7) is 5.15. The normalized spacial score (nSPS) is 10.6. The average Bonchev–Trinajstić information content (AvgIpc) is 2.13. The highest BCUT2D eigenvalue weighted by molar-refractivity contribution is 9.10. The first-order valence-corrected chi connectivity index (χ1v) is 5.90. The second-order valence-electron chi connectivity index (χ2n) is 3.75. The lowest BCUT2D eigenvalue weighted by molar-refractivity contribution is 0.741. The molecule has 0 fully saturated rings. The Morgan fingerprint density at radius 1 is 1.21 bits per heavy atom. The Kier molecular flexibility index (Phi) is 4.63. The van der Waals surface area contributed by atoms with Crippen LogP contribution in [0, 0.1) is 13.8 Å². The highest BCUT2D eigenvalue weighted by Gasteiger charge is 2.02. The fraction of sp³-hybridized carbons (Fsp3) is 0.500. The molecule has 1 rings (SSSR count). The second-order valence-corrected chi connectivity index (χ2v) is 4.67. The molecule has 0 bridgehead atoms. The second kappa shape index (κ2) is 5.52. The summed E-state index contributed by atoms with van der Waals surface area (Å²) in [6, 6.07) is 4.39. The van der Waals surface area contributed by atoms with Crippen LogP contribution in [0.5, 0.6) is 0 Å². The van der Waals surface area contributed by atoms with Crippen LogP contribution in [0.1, 0.15) is 29.5 Å². The zero-order valence-corrected chi connectivity index (χ0v) is 10.5. The van der Waals surface area contributed by atoms with Gasteiger partial charge in [-0.15, -0.1) is 0 Å². The summed E-state index contributed by atoms with van der Waals surface area (Å²) in [5.41, 5.74) is 9.72. The van der Waals surface area contributed by atoms with E-state index >= 15 is 0 Å². The Morgan fingerprint density at radius 3 is 2.57 bits per heavy atom. The third-order valence-electron chi connectivity index (χ3n) is 2.64. The Hall–Kier alpha value is -0.340. The van der Waals surface area contributed by atoms with E-state index < -0.39 is 0 Å². The van der Waals surface area contributed by atoms with Crippen molar-refractivity contribution >= 4 is 15.9 Å². The molecular weight excluding hydrogens is 238 g/mol. The maximum atomic E-state index is 5.48. The molecule has 2 heteroatoms. The van der Waals surface area contributed by atoms with Crippen molar-refractivity contribution in [3.05, 3.63) is 33.3 Å². The van der Waals surface area contributed by atoms with Crippen LogP contribution in [0.15, 0.2) is 16.6 Å². The summed E-state index contributed by atoms with van der Waals surface area (Å²) in [5.74, 6) is 0. The molecule has 0 spiro atoms. The van der Waals surface area contributed by atoms with Crippen LogP contribution >= 0.6 is 15.9 Å². The topological polar surface area (TPSA) is 26.0 Å². The third kappa shape index (κ3) is 3.10. The fourth-order valence-electron chi connectivity index (χ4n) is 1.60. The summed E-state index contributed by atoms with van der Waals surface area (Å²) in [7, 11) is 0. The van der Waals surface area contributed by atoms with E-state index in [1.165, 1.54) is 27.6 Å². The molecule has 0 aliphatic rings. The zero-order chi connectivity index (χ0) is 10.6. The summed E-state index contributed by atoms with van der Waals surface area (Å²) in [6.07, 6.45) is 3.45. The number of unbranched alkanes of at least 4 members (excludes halogenated alkanes) is 1. The Morgan fingerprint density at radius 2 is 1.93 bits per heavy atom. The number of hydrogen-bond donors (Lipinski definition) is 1. The van der Waals surface area contributed by atoms with Crippen LogP contribution in [0.25, 0.3) is 0 Å². The molecule has 0 aliphatic carbocycles. The lowest BCUT2D eigenvalue weighted by atomic mass is 9.99. The quantitative estimate of drug-likeness (QED) is 0.821. The SMILES string of the molecule is Cc1cc(Br)cc(CCCCN)c1C. The first-order chi connectivity index (χ1) is 6.65. The largest absolute Gasteiger partial charge is 0.330 e. The number of rotatable bonds is 4. The molecule has 14 heavy (non-hydrogen) atoms. The third-order valence-corrected chi connectivity index (χ3v) is 3.10. The van der Waals surface area contributed by atoms with Gasteiger partial charge in [-0.05, 0) is 68.5 Å². The number of benzene rings is 1. The van der Waals surface area contributed by atoms with E-state index in [0.717, 1.165) is 19.4 Å². The number of nitrogens with two attached hydrogens (primary N) is 1. The number of halogens is 1. The van der Waals surface area contributed by atoms with E-state index in [2.05, 4.69) is 41.9 Å². The molecule has 1 nitrogen and oxygen atoms in total. The van der Waals surface area contributed by atoms with Crippen molar-refractivity contribution in [3.8, 4) is 0 Å². The first-order valence-electron chi connectivity index (χ1n) is 5.11. The van der Waals surface area contributed by atoms with E-state index in [9.17, 15) is 0 Å². The minimum absolute atomic E-state index is 0.798. The molecule has 0 radical (unpaired) electrons. The predicted octanol–water partition coefficient (Wildman–Crippen LogP) is 3.35. The van der Waals surface area contributed by atoms with Gasteiger partial charge in [-0.1, -0.05) is 15.9 Å². The molecule has 0 amide bonds. The smallest absolute Gasteiger partial charge is 0.0180 e. The summed E-state index contributed by atoms with van der Waals surface area (Å²) >= 11 is 3.53. The molecule has 0 aliphatic heterocycles. The molecule has 2 N–H and O–H groups in total. The average molecular weight is 256 g/mol. The Balaban J connectivity index is 2.75. The van der Waals surface area contributed by atoms with Crippen molar-refractivity contribution in [1.29, 1.82) is 0 Å². The lowest BCUT2D eigenvalue weighted by Gasteiger charge is -2.09. The Labute approximate surface area is 94.8 Å². The molecular formula is C12H18BrN. The monoisotopic (exact) mass is 255 g/mol. The van der Waals surface area contributed by atoms with Crippen LogP contribution < -0.4 is 5.73 Å². The van der Waals surface area contributed by atoms with Gasteiger partial charge in [0.15, 0.2) is 0 Å². The first kappa shape index (κ1) is 11.7. The molecule has 0 atom stereocenters. The fourth-order valence-corrected chi connectivity index (χ4v) is 2.22. The van der Waals surface area contributed by atoms with Crippen LogP contribution in [0.4, 0.5) is 0 Å². The van der Waals surface area contributed by atoms with Crippen molar-refractivity contribution in [1.82, 2.24) is 0 Å². The van der Waals surface area contributed by atoms with Crippen molar-refractivity contribution in [3.63, 3.8) is 0 Å². The maximum Gasteiger partial charge on any atom is 0.0180 e. The van der Waals surface area contributed by atoms with Crippen molar-refractivity contribution in [2.24, 2.45) is 5.73 Å². The van der Waals surface area contributed by atoms with Crippen LogP contribution in [-0.4, -0.2) is 6.54 Å². The van der Waals surface area contributed by atoms with E-state index in [1.54, 1.807) is 0 Å². The van der Waals surface area contributed by atoms with Crippen molar-refractivity contribution < 1.29 is 0 Å². The van der Waals surface area contributed by atoms with Gasteiger partial charge in [-0.25, -0.2) is 0 Å². The van der Waals surface area contributed by atoms with Crippen molar-refractivity contribution in [2.75, 3.05) is 6.54 Å². The molecule has 0 heterocycles. The molecule has 1 aromatic rings. The van der Waals surface area contributed by atoms with Gasteiger partial charge in [0.05, 0.1) is 0 Å². The van der Waals surface area contributed by atoms with Gasteiger partial charge in [0.25, 0.3) is 0 Å². The zero-order valence-electron chi connectivity index (χ0n) is 8.94. The highest BCUT2D eigenvalue weighted by atomic mass is 79.9. The van der Waals surface area contributed by atoms with E-state index in [0.29, 0.717) is 0 Å². The summed E-state index contributed by atoms with van der Waals surface area (Å²) in [5, 5.41) is 0. The number of hydrogen-bond acceptors (Lipinski definition) is 1. The molecule has 0 saturated carbocycles. The van der Waals surface area contributed by atoms with Gasteiger partial charge in [0.1, 0.15) is 0 Å². The van der Waals surface area contributed by atoms with Gasteiger partial charge in [-0.3, -0.25) is 0 Å². The minimum Gasteiger partial charge on any atom is -0.330 e. The molecule has 78 valence electrons. The van der Waals surface area contributed by atoms with Gasteiger partial charge in [0.2, 0.25) is 0 Å². The van der Waals surface area contributed by atoms with Gasteiger partial charge in [-0.2, -0.15) is 0 Å². The Bertz CT molecular complexity index is 307. The standard InChI is InChI=1S/C12H18BrN/c1-9-7-12(13)8-11(10(9)2)5-3-4-6-14/h7-8H,3-6,14H2,1-2H3. The number of aryl methyl sites for hydroxylation is 2. The van der Waals surface area contributed by atoms with Crippen molar-refractivity contribution in [2.45, 2.75) is 33.1 Å². The van der Waals surface area contributed by atoms with Crippen LogP contribution in [-0.2, 0) is 6.42 Å². The molecule has 0 unspecified atom stereocenters. The van der Waals surface area contributed by atoms with E-state index in [-0.39, 0.29) is 0 Å². The van der Waals surface area contributed by atoms with E-state index in [1.807, 2.05) is 0 Å². The predicted molar refractivity (Wildman–Crippen MR) is 65.6 cm³/mol. The summed E-state index contributed by atoms with van der Waals surface area (Å²) in [4.78, 5) is 0. The van der Waals surface area contributed by atoms with Gasteiger partial charge < -0.3 is 5.73 Å². The van der Waals surface area contributed by atoms with Crippen LogP contribution in [0.3, 0.4) is 0 Å².